The van der Waals surface area contributed by atoms with Gasteiger partial charge in [0.15, 0.2) is 5.78 Å². The lowest BCUT2D eigenvalue weighted by molar-refractivity contribution is 0.0971. The molecule has 1 fully saturated rings. The van der Waals surface area contributed by atoms with Crippen LogP contribution in [0.1, 0.15) is 40.9 Å². The molecule has 4 rings (SSSR count). The van der Waals surface area contributed by atoms with Crippen molar-refractivity contribution in [2.75, 3.05) is 37.6 Å². The van der Waals surface area contributed by atoms with E-state index in [1.54, 1.807) is 0 Å². The molecule has 1 aromatic heterocycles. The van der Waals surface area contributed by atoms with Crippen LogP contribution in [0.5, 0.6) is 0 Å². The van der Waals surface area contributed by atoms with Gasteiger partial charge in [-0.15, -0.1) is 0 Å². The van der Waals surface area contributed by atoms with Crippen molar-refractivity contribution in [1.82, 2.24) is 9.47 Å². The summed E-state index contributed by atoms with van der Waals surface area (Å²) in [6.07, 6.45) is 6.06. The van der Waals surface area contributed by atoms with Gasteiger partial charge in [-0.25, -0.2) is 0 Å². The summed E-state index contributed by atoms with van der Waals surface area (Å²) in [5.74, 6) is 0.331. The quantitative estimate of drug-likeness (QED) is 0.825. The van der Waals surface area contributed by atoms with Gasteiger partial charge in [0.05, 0.1) is 0 Å². The summed E-state index contributed by atoms with van der Waals surface area (Å²) in [7, 11) is 0. The zero-order valence-corrected chi connectivity index (χ0v) is 15.8. The summed E-state index contributed by atoms with van der Waals surface area (Å²) in [6.45, 7) is 8.86. The fourth-order valence-electron chi connectivity index (χ4n) is 4.39. The predicted molar refractivity (Wildman–Crippen MR) is 106 cm³/mol. The molecule has 1 aliphatic heterocycles. The van der Waals surface area contributed by atoms with Gasteiger partial charge >= 0.3 is 0 Å². The largest absolute Gasteiger partial charge is 0.369 e. The van der Waals surface area contributed by atoms with Gasteiger partial charge < -0.3 is 9.47 Å². The minimum Gasteiger partial charge on any atom is -0.369 e. The lowest BCUT2D eigenvalue weighted by atomic mass is 9.97. The first-order valence-electron chi connectivity index (χ1n) is 9.96. The second-order valence-corrected chi connectivity index (χ2v) is 7.61. The summed E-state index contributed by atoms with van der Waals surface area (Å²) >= 11 is 0. The first-order valence-corrected chi connectivity index (χ1v) is 9.96. The third kappa shape index (κ3) is 3.56. The normalized spacial score (nSPS) is 18.2. The van der Waals surface area contributed by atoms with Crippen molar-refractivity contribution >= 4 is 11.5 Å². The average molecular weight is 351 g/mol. The summed E-state index contributed by atoms with van der Waals surface area (Å²) in [6, 6.07) is 10.7. The van der Waals surface area contributed by atoms with E-state index in [9.17, 15) is 4.79 Å². The molecule has 0 atom stereocenters. The molecule has 0 radical (unpaired) electrons. The molecule has 0 saturated carbocycles. The first kappa shape index (κ1) is 17.3. The maximum atomic E-state index is 12.0. The molecule has 4 nitrogen and oxygen atoms in total. The van der Waals surface area contributed by atoms with Crippen LogP contribution < -0.4 is 4.90 Å². The molecule has 1 aromatic carbocycles. The molecule has 26 heavy (non-hydrogen) atoms. The summed E-state index contributed by atoms with van der Waals surface area (Å²) in [5.41, 5.74) is 5.00. The van der Waals surface area contributed by atoms with E-state index >= 15 is 0 Å². The average Bonchev–Trinajstić information content (AvgIpc) is 3.08. The lowest BCUT2D eigenvalue weighted by Gasteiger charge is -2.36. The van der Waals surface area contributed by atoms with Gasteiger partial charge in [0.25, 0.3) is 0 Å². The van der Waals surface area contributed by atoms with Gasteiger partial charge in [-0.05, 0) is 50.4 Å². The molecule has 0 unspecified atom stereocenters. The highest BCUT2D eigenvalue weighted by molar-refractivity contribution is 5.98. The zero-order chi connectivity index (χ0) is 17.9. The van der Waals surface area contributed by atoms with Crippen LogP contribution in [-0.2, 0) is 13.0 Å². The van der Waals surface area contributed by atoms with E-state index < -0.39 is 0 Å². The van der Waals surface area contributed by atoms with Crippen LogP contribution in [0.4, 0.5) is 5.69 Å². The SMILES string of the molecule is Cc1ccccc1N1CCN(CCCn2ccc3c2CCCC3=O)CC1. The second-order valence-electron chi connectivity index (χ2n) is 7.61. The molecule has 0 amide bonds. The highest BCUT2D eigenvalue weighted by atomic mass is 16.1. The number of anilines is 1. The van der Waals surface area contributed by atoms with E-state index in [2.05, 4.69) is 51.8 Å². The Bertz CT molecular complexity index is 771. The zero-order valence-electron chi connectivity index (χ0n) is 15.8. The number of nitrogens with zero attached hydrogens (tertiary/aromatic N) is 3. The van der Waals surface area contributed by atoms with Gasteiger partial charge in [0, 0.05) is 62.3 Å². The number of rotatable bonds is 5. The maximum Gasteiger partial charge on any atom is 0.164 e. The van der Waals surface area contributed by atoms with Crippen molar-refractivity contribution in [2.24, 2.45) is 0 Å². The van der Waals surface area contributed by atoms with Gasteiger partial charge in [-0.2, -0.15) is 0 Å². The van der Waals surface area contributed by atoms with Crippen LogP contribution >= 0.6 is 0 Å². The Hall–Kier alpha value is -2.07. The number of Topliss-reactive ketones (excluding diaryl/α,β-unsaturated/α-hetero) is 1. The first-order chi connectivity index (χ1) is 12.7. The summed E-state index contributed by atoms with van der Waals surface area (Å²) in [5, 5.41) is 0. The standard InChI is InChI=1S/C22H29N3O/c1-18-6-2-3-7-20(18)25-16-14-23(15-17-25)11-5-12-24-13-10-19-21(24)8-4-9-22(19)26/h2-3,6-7,10,13H,4-5,8-9,11-12,14-17H2,1H3. The van der Waals surface area contributed by atoms with Crippen LogP contribution in [0.15, 0.2) is 36.5 Å². The van der Waals surface area contributed by atoms with Crippen molar-refractivity contribution in [2.45, 2.75) is 39.2 Å². The van der Waals surface area contributed by atoms with Crippen LogP contribution in [0.25, 0.3) is 0 Å². The molecule has 2 aromatic rings. The molecule has 4 heteroatoms. The summed E-state index contributed by atoms with van der Waals surface area (Å²) in [4.78, 5) is 17.1. The number of aryl methyl sites for hydroxylation is 2. The molecule has 0 bridgehead atoms. The van der Waals surface area contributed by atoms with Crippen LogP contribution in [0.2, 0.25) is 0 Å². The lowest BCUT2D eigenvalue weighted by Crippen LogP contribution is -2.47. The Morgan fingerprint density at radius 2 is 1.77 bits per heavy atom. The highest BCUT2D eigenvalue weighted by Crippen LogP contribution is 2.23. The minimum atomic E-state index is 0.331. The second kappa shape index (κ2) is 7.67. The van der Waals surface area contributed by atoms with E-state index in [0.29, 0.717) is 5.78 Å². The smallest absolute Gasteiger partial charge is 0.164 e. The van der Waals surface area contributed by atoms with Crippen LogP contribution in [0, 0.1) is 6.92 Å². The minimum absolute atomic E-state index is 0.331. The van der Waals surface area contributed by atoms with Crippen molar-refractivity contribution < 1.29 is 4.79 Å². The molecule has 2 aliphatic rings. The van der Waals surface area contributed by atoms with Gasteiger partial charge in [-0.1, -0.05) is 18.2 Å². The predicted octanol–water partition coefficient (Wildman–Crippen LogP) is 3.53. The van der Waals surface area contributed by atoms with Crippen LogP contribution in [0.3, 0.4) is 0 Å². The molecular formula is C22H29N3O. The molecule has 0 N–H and O–H groups in total. The number of fused-ring (bicyclic) bond motifs is 1. The fourth-order valence-corrected chi connectivity index (χ4v) is 4.39. The number of carbonyl (C=O) groups excluding carboxylic acids is 1. The van der Waals surface area contributed by atoms with Crippen molar-refractivity contribution in [3.63, 3.8) is 0 Å². The summed E-state index contributed by atoms with van der Waals surface area (Å²) < 4.78 is 2.32. The van der Waals surface area contributed by atoms with E-state index in [1.165, 1.54) is 16.9 Å². The number of ketones is 1. The number of aromatic nitrogens is 1. The van der Waals surface area contributed by atoms with Gasteiger partial charge in [0.2, 0.25) is 0 Å². The molecule has 1 aliphatic carbocycles. The Kier molecular flexibility index (Phi) is 5.11. The van der Waals surface area contributed by atoms with E-state index in [1.807, 2.05) is 6.07 Å². The number of benzene rings is 1. The van der Waals surface area contributed by atoms with Gasteiger partial charge in [-0.3, -0.25) is 9.69 Å². The highest BCUT2D eigenvalue weighted by Gasteiger charge is 2.21. The molecule has 0 spiro atoms. The Labute approximate surface area is 156 Å². The number of para-hydroxylation sites is 1. The number of carbonyl (C=O) groups is 1. The maximum absolute atomic E-state index is 12.0. The Morgan fingerprint density at radius 1 is 0.962 bits per heavy atom. The monoisotopic (exact) mass is 351 g/mol. The number of hydrogen-bond donors (Lipinski definition) is 0. The molecule has 2 heterocycles. The number of piperazine rings is 1. The van der Waals surface area contributed by atoms with E-state index in [-0.39, 0.29) is 0 Å². The molecule has 1 saturated heterocycles. The van der Waals surface area contributed by atoms with Crippen LogP contribution in [-0.4, -0.2) is 48.0 Å². The van der Waals surface area contributed by atoms with Crippen molar-refractivity contribution in [3.8, 4) is 0 Å². The van der Waals surface area contributed by atoms with E-state index in [0.717, 1.165) is 70.5 Å². The number of hydrogen-bond acceptors (Lipinski definition) is 3. The fraction of sp³-hybridized carbons (Fsp3) is 0.500. The molecule has 138 valence electrons. The topological polar surface area (TPSA) is 28.5 Å². The van der Waals surface area contributed by atoms with Crippen molar-refractivity contribution in [1.29, 1.82) is 0 Å². The Balaban J connectivity index is 1.26. The third-order valence-electron chi connectivity index (χ3n) is 5.90. The van der Waals surface area contributed by atoms with Crippen molar-refractivity contribution in [3.05, 3.63) is 53.3 Å². The Morgan fingerprint density at radius 3 is 2.58 bits per heavy atom. The molecular weight excluding hydrogens is 322 g/mol. The third-order valence-corrected chi connectivity index (χ3v) is 5.90. The van der Waals surface area contributed by atoms with Gasteiger partial charge in [0.1, 0.15) is 0 Å². The van der Waals surface area contributed by atoms with E-state index in [4.69, 9.17) is 0 Å².